The van der Waals surface area contributed by atoms with Crippen molar-refractivity contribution in [3.63, 3.8) is 0 Å². The average molecular weight is 372 g/mol. The Labute approximate surface area is 160 Å². The van der Waals surface area contributed by atoms with Gasteiger partial charge in [-0.3, -0.25) is 4.90 Å². The minimum Gasteiger partial charge on any atom is -0.334 e. The maximum atomic E-state index is 12.8. The van der Waals surface area contributed by atoms with Crippen molar-refractivity contribution in [1.29, 1.82) is 0 Å². The first kappa shape index (κ1) is 18.9. The lowest BCUT2D eigenvalue weighted by Gasteiger charge is -2.25. The summed E-state index contributed by atoms with van der Waals surface area (Å²) in [7, 11) is 0. The molecule has 2 aromatic rings. The maximum absolute atomic E-state index is 12.8. The molecule has 26 heavy (non-hydrogen) atoms. The van der Waals surface area contributed by atoms with E-state index in [2.05, 4.69) is 65.8 Å². The molecule has 0 radical (unpaired) electrons. The lowest BCUT2D eigenvalue weighted by atomic mass is 10.1. The standard InChI is InChI=1S/C21H29N3OS/c1-3-23(4-2)16-18-10-6-5-9-17(18)15-22-21(25)24-13-7-11-19(24)20-12-8-14-26-20/h5-6,8-10,12,14,19H,3-4,7,11,13,15-16H2,1-2H3,(H,22,25). The van der Waals surface area contributed by atoms with Gasteiger partial charge in [-0.2, -0.15) is 0 Å². The lowest BCUT2D eigenvalue weighted by Crippen LogP contribution is -2.39. The van der Waals surface area contributed by atoms with Crippen LogP contribution in [0.5, 0.6) is 0 Å². The number of nitrogens with one attached hydrogen (secondary N) is 1. The minimum absolute atomic E-state index is 0.0542. The van der Waals surface area contributed by atoms with Gasteiger partial charge in [-0.05, 0) is 48.5 Å². The number of thiophene rings is 1. The molecule has 1 N–H and O–H groups in total. The monoisotopic (exact) mass is 371 g/mol. The van der Waals surface area contributed by atoms with Crippen molar-refractivity contribution in [3.05, 3.63) is 57.8 Å². The topological polar surface area (TPSA) is 35.6 Å². The van der Waals surface area contributed by atoms with E-state index in [4.69, 9.17) is 0 Å². The Morgan fingerprint density at radius 3 is 2.65 bits per heavy atom. The van der Waals surface area contributed by atoms with Crippen LogP contribution in [0.4, 0.5) is 4.79 Å². The smallest absolute Gasteiger partial charge is 0.318 e. The Balaban J connectivity index is 1.63. The van der Waals surface area contributed by atoms with Gasteiger partial charge in [0, 0.05) is 24.5 Å². The minimum atomic E-state index is 0.0542. The number of hydrogen-bond acceptors (Lipinski definition) is 3. The number of carbonyl (C=O) groups is 1. The number of hydrogen-bond donors (Lipinski definition) is 1. The van der Waals surface area contributed by atoms with Gasteiger partial charge in [-0.15, -0.1) is 11.3 Å². The Kier molecular flexibility index (Phi) is 6.69. The van der Waals surface area contributed by atoms with Crippen LogP contribution >= 0.6 is 11.3 Å². The highest BCUT2D eigenvalue weighted by Crippen LogP contribution is 2.34. The summed E-state index contributed by atoms with van der Waals surface area (Å²) >= 11 is 1.74. The first-order chi connectivity index (χ1) is 12.7. The predicted molar refractivity (Wildman–Crippen MR) is 108 cm³/mol. The molecule has 2 amide bonds. The predicted octanol–water partition coefficient (Wildman–Crippen LogP) is 4.64. The van der Waals surface area contributed by atoms with Gasteiger partial charge >= 0.3 is 6.03 Å². The van der Waals surface area contributed by atoms with Gasteiger partial charge in [-0.1, -0.05) is 44.2 Å². The van der Waals surface area contributed by atoms with E-state index in [0.29, 0.717) is 6.54 Å². The zero-order valence-electron chi connectivity index (χ0n) is 15.8. The molecule has 0 bridgehead atoms. The molecule has 2 heterocycles. The number of carbonyl (C=O) groups excluding carboxylic acids is 1. The third-order valence-corrected chi connectivity index (χ3v) is 6.20. The Morgan fingerprint density at radius 1 is 1.19 bits per heavy atom. The SMILES string of the molecule is CCN(CC)Cc1ccccc1CNC(=O)N1CCCC1c1cccs1. The highest BCUT2D eigenvalue weighted by atomic mass is 32.1. The van der Waals surface area contributed by atoms with Crippen LogP contribution in [-0.4, -0.2) is 35.5 Å². The average Bonchev–Trinajstić information content (AvgIpc) is 3.36. The Bertz CT molecular complexity index is 697. The zero-order chi connectivity index (χ0) is 18.4. The molecular weight excluding hydrogens is 342 g/mol. The Hall–Kier alpha value is -1.85. The number of rotatable bonds is 7. The van der Waals surface area contributed by atoms with Crippen molar-refractivity contribution < 1.29 is 4.79 Å². The molecular formula is C21H29N3OS. The number of urea groups is 1. The summed E-state index contributed by atoms with van der Waals surface area (Å²) in [4.78, 5) is 18.5. The molecule has 0 aliphatic carbocycles. The van der Waals surface area contributed by atoms with Crippen LogP contribution in [0.2, 0.25) is 0 Å². The summed E-state index contributed by atoms with van der Waals surface area (Å²) in [6.45, 7) is 8.80. The molecule has 1 atom stereocenters. The molecule has 0 spiro atoms. The highest BCUT2D eigenvalue weighted by molar-refractivity contribution is 7.10. The Morgan fingerprint density at radius 2 is 1.96 bits per heavy atom. The summed E-state index contributed by atoms with van der Waals surface area (Å²) in [6, 6.07) is 12.9. The number of likely N-dealkylation sites (tertiary alicyclic amines) is 1. The molecule has 1 aromatic carbocycles. The van der Waals surface area contributed by atoms with E-state index in [1.54, 1.807) is 11.3 Å². The number of amides is 2. The quantitative estimate of drug-likeness (QED) is 0.770. The van der Waals surface area contributed by atoms with Crippen LogP contribution < -0.4 is 5.32 Å². The maximum Gasteiger partial charge on any atom is 0.318 e. The fourth-order valence-corrected chi connectivity index (χ4v) is 4.50. The van der Waals surface area contributed by atoms with E-state index < -0.39 is 0 Å². The van der Waals surface area contributed by atoms with E-state index in [-0.39, 0.29) is 12.1 Å². The van der Waals surface area contributed by atoms with E-state index in [0.717, 1.165) is 39.0 Å². The van der Waals surface area contributed by atoms with Gasteiger partial charge in [0.05, 0.1) is 6.04 Å². The van der Waals surface area contributed by atoms with Gasteiger partial charge in [0.1, 0.15) is 0 Å². The fourth-order valence-electron chi connectivity index (χ4n) is 3.63. The van der Waals surface area contributed by atoms with Crippen LogP contribution in [0.15, 0.2) is 41.8 Å². The summed E-state index contributed by atoms with van der Waals surface area (Å²) < 4.78 is 0. The molecule has 1 aliphatic heterocycles. The van der Waals surface area contributed by atoms with Gasteiger partial charge in [0.25, 0.3) is 0 Å². The second-order valence-corrected chi connectivity index (χ2v) is 7.73. The number of benzene rings is 1. The largest absolute Gasteiger partial charge is 0.334 e. The fraction of sp³-hybridized carbons (Fsp3) is 0.476. The molecule has 1 fully saturated rings. The van der Waals surface area contributed by atoms with Crippen LogP contribution in [-0.2, 0) is 13.1 Å². The van der Waals surface area contributed by atoms with Crippen LogP contribution in [0.1, 0.15) is 48.7 Å². The van der Waals surface area contributed by atoms with Gasteiger partial charge < -0.3 is 10.2 Å². The van der Waals surface area contributed by atoms with E-state index in [1.807, 2.05) is 4.90 Å². The van der Waals surface area contributed by atoms with Crippen LogP contribution in [0.3, 0.4) is 0 Å². The first-order valence-electron chi connectivity index (χ1n) is 9.60. The summed E-state index contributed by atoms with van der Waals surface area (Å²) in [5.74, 6) is 0. The molecule has 1 aliphatic rings. The van der Waals surface area contributed by atoms with Crippen molar-refractivity contribution in [2.24, 2.45) is 0 Å². The summed E-state index contributed by atoms with van der Waals surface area (Å²) in [5, 5.41) is 5.25. The highest BCUT2D eigenvalue weighted by Gasteiger charge is 2.30. The van der Waals surface area contributed by atoms with E-state index in [1.165, 1.54) is 16.0 Å². The van der Waals surface area contributed by atoms with E-state index >= 15 is 0 Å². The second-order valence-electron chi connectivity index (χ2n) is 6.76. The lowest BCUT2D eigenvalue weighted by molar-refractivity contribution is 0.193. The molecule has 1 saturated heterocycles. The van der Waals surface area contributed by atoms with Crippen molar-refractivity contribution in [2.45, 2.75) is 45.8 Å². The molecule has 0 saturated carbocycles. The van der Waals surface area contributed by atoms with Crippen LogP contribution in [0, 0.1) is 0 Å². The van der Waals surface area contributed by atoms with Crippen molar-refractivity contribution in [1.82, 2.24) is 15.1 Å². The van der Waals surface area contributed by atoms with Gasteiger partial charge in [0.2, 0.25) is 0 Å². The third-order valence-electron chi connectivity index (χ3n) is 5.22. The molecule has 3 rings (SSSR count). The third kappa shape index (κ3) is 4.46. The zero-order valence-corrected chi connectivity index (χ0v) is 16.6. The summed E-state index contributed by atoms with van der Waals surface area (Å²) in [6.07, 6.45) is 2.14. The molecule has 4 nitrogen and oxygen atoms in total. The van der Waals surface area contributed by atoms with Crippen LogP contribution in [0.25, 0.3) is 0 Å². The second kappa shape index (κ2) is 9.19. The first-order valence-corrected chi connectivity index (χ1v) is 10.5. The van der Waals surface area contributed by atoms with Gasteiger partial charge in [-0.25, -0.2) is 4.79 Å². The number of nitrogens with zero attached hydrogens (tertiary/aromatic N) is 2. The summed E-state index contributed by atoms with van der Waals surface area (Å²) in [5.41, 5.74) is 2.51. The molecule has 140 valence electrons. The normalized spacial score (nSPS) is 17.0. The van der Waals surface area contributed by atoms with E-state index in [9.17, 15) is 4.79 Å². The molecule has 1 aromatic heterocycles. The van der Waals surface area contributed by atoms with Crippen molar-refractivity contribution in [2.75, 3.05) is 19.6 Å². The van der Waals surface area contributed by atoms with Crippen molar-refractivity contribution >= 4 is 17.4 Å². The van der Waals surface area contributed by atoms with Gasteiger partial charge in [0.15, 0.2) is 0 Å². The molecule has 5 heteroatoms. The van der Waals surface area contributed by atoms with Crippen molar-refractivity contribution in [3.8, 4) is 0 Å². The molecule has 1 unspecified atom stereocenters.